The van der Waals surface area contributed by atoms with Gasteiger partial charge in [-0.25, -0.2) is 10.9 Å². The Morgan fingerprint density at radius 2 is 1.86 bits per heavy atom. The summed E-state index contributed by atoms with van der Waals surface area (Å²) < 4.78 is 0. The number of imide groups is 1. The molecule has 0 saturated carbocycles. The molecular formula is C10H10N2O2. The molecule has 14 heavy (non-hydrogen) atoms. The van der Waals surface area contributed by atoms with Gasteiger partial charge in [0.15, 0.2) is 0 Å². The van der Waals surface area contributed by atoms with Crippen LogP contribution in [-0.4, -0.2) is 16.8 Å². The third-order valence-electron chi connectivity index (χ3n) is 2.38. The number of hydrogen-bond acceptors (Lipinski definition) is 3. The topological polar surface area (TPSA) is 63.4 Å². The van der Waals surface area contributed by atoms with Gasteiger partial charge in [-0.05, 0) is 5.56 Å². The molecule has 1 saturated heterocycles. The van der Waals surface area contributed by atoms with Crippen molar-refractivity contribution in [3.63, 3.8) is 0 Å². The van der Waals surface area contributed by atoms with E-state index in [2.05, 4.69) is 0 Å². The molecule has 4 nitrogen and oxygen atoms in total. The van der Waals surface area contributed by atoms with Crippen molar-refractivity contribution >= 4 is 11.8 Å². The van der Waals surface area contributed by atoms with Crippen LogP contribution in [0.1, 0.15) is 17.9 Å². The van der Waals surface area contributed by atoms with Gasteiger partial charge in [0.1, 0.15) is 0 Å². The van der Waals surface area contributed by atoms with E-state index in [1.165, 1.54) is 0 Å². The van der Waals surface area contributed by atoms with Crippen molar-refractivity contribution in [2.24, 2.45) is 5.84 Å². The van der Waals surface area contributed by atoms with Crippen molar-refractivity contribution in [3.8, 4) is 0 Å². The molecule has 0 spiro atoms. The van der Waals surface area contributed by atoms with E-state index in [9.17, 15) is 9.59 Å². The highest BCUT2D eigenvalue weighted by Crippen LogP contribution is 2.27. The fourth-order valence-electron chi connectivity index (χ4n) is 1.60. The molecule has 1 atom stereocenters. The number of benzene rings is 1. The Morgan fingerprint density at radius 1 is 1.21 bits per heavy atom. The van der Waals surface area contributed by atoms with E-state index in [1.807, 2.05) is 30.3 Å². The lowest BCUT2D eigenvalue weighted by Crippen LogP contribution is -2.36. The zero-order chi connectivity index (χ0) is 10.1. The van der Waals surface area contributed by atoms with Gasteiger partial charge in [0.05, 0.1) is 5.92 Å². The first-order valence-electron chi connectivity index (χ1n) is 4.36. The van der Waals surface area contributed by atoms with Gasteiger partial charge in [-0.15, -0.1) is 0 Å². The summed E-state index contributed by atoms with van der Waals surface area (Å²) in [5.41, 5.74) is 0.846. The standard InChI is InChI=1S/C10H10N2O2/c11-12-9(13)6-8(10(12)14)7-4-2-1-3-5-7/h1-5,8H,6,11H2. The molecule has 2 N–H and O–H groups in total. The van der Waals surface area contributed by atoms with Gasteiger partial charge in [-0.1, -0.05) is 30.3 Å². The maximum atomic E-state index is 11.5. The average molecular weight is 190 g/mol. The highest BCUT2D eigenvalue weighted by Gasteiger charge is 2.37. The van der Waals surface area contributed by atoms with Crippen LogP contribution in [0.2, 0.25) is 0 Å². The Hall–Kier alpha value is -1.68. The van der Waals surface area contributed by atoms with E-state index in [0.29, 0.717) is 5.01 Å². The van der Waals surface area contributed by atoms with Gasteiger partial charge in [0.25, 0.3) is 5.91 Å². The Labute approximate surface area is 81.3 Å². The monoisotopic (exact) mass is 190 g/mol. The van der Waals surface area contributed by atoms with E-state index in [1.54, 1.807) is 0 Å². The van der Waals surface area contributed by atoms with E-state index < -0.39 is 5.92 Å². The first-order chi connectivity index (χ1) is 6.70. The lowest BCUT2D eigenvalue weighted by molar-refractivity contribution is -0.139. The number of hydrogen-bond donors (Lipinski definition) is 1. The predicted molar refractivity (Wildman–Crippen MR) is 49.8 cm³/mol. The van der Waals surface area contributed by atoms with Gasteiger partial charge in [0.2, 0.25) is 5.91 Å². The third-order valence-corrected chi connectivity index (χ3v) is 2.38. The highest BCUT2D eigenvalue weighted by atomic mass is 16.2. The molecule has 1 aliphatic heterocycles. The third kappa shape index (κ3) is 1.29. The highest BCUT2D eigenvalue weighted by molar-refractivity contribution is 6.05. The lowest BCUT2D eigenvalue weighted by Gasteiger charge is -2.07. The molecule has 1 unspecified atom stereocenters. The number of amides is 2. The van der Waals surface area contributed by atoms with Crippen molar-refractivity contribution < 1.29 is 9.59 Å². The van der Waals surface area contributed by atoms with Crippen LogP contribution >= 0.6 is 0 Å². The molecule has 1 aromatic rings. The summed E-state index contributed by atoms with van der Waals surface area (Å²) in [7, 11) is 0. The molecule has 0 aromatic heterocycles. The second-order valence-corrected chi connectivity index (χ2v) is 3.27. The van der Waals surface area contributed by atoms with Gasteiger partial charge in [-0.2, -0.15) is 0 Å². The van der Waals surface area contributed by atoms with Gasteiger partial charge in [0, 0.05) is 6.42 Å². The summed E-state index contributed by atoms with van der Waals surface area (Å²) >= 11 is 0. The fourth-order valence-corrected chi connectivity index (χ4v) is 1.60. The molecule has 1 aliphatic rings. The van der Waals surface area contributed by atoms with Crippen LogP contribution in [0.15, 0.2) is 30.3 Å². The van der Waals surface area contributed by atoms with Crippen molar-refractivity contribution in [1.29, 1.82) is 0 Å². The van der Waals surface area contributed by atoms with Crippen LogP contribution in [0, 0.1) is 0 Å². The molecular weight excluding hydrogens is 180 g/mol. The zero-order valence-corrected chi connectivity index (χ0v) is 7.51. The molecule has 0 aliphatic carbocycles. The number of nitrogens with two attached hydrogens (primary N) is 1. The molecule has 2 amide bonds. The molecule has 4 heteroatoms. The van der Waals surface area contributed by atoms with Gasteiger partial charge < -0.3 is 0 Å². The molecule has 0 radical (unpaired) electrons. The smallest absolute Gasteiger partial charge is 0.251 e. The second kappa shape index (κ2) is 3.23. The van der Waals surface area contributed by atoms with E-state index in [4.69, 9.17) is 5.84 Å². The Kier molecular flexibility index (Phi) is 2.05. The van der Waals surface area contributed by atoms with Crippen molar-refractivity contribution in [1.82, 2.24) is 5.01 Å². The Morgan fingerprint density at radius 3 is 2.36 bits per heavy atom. The zero-order valence-electron chi connectivity index (χ0n) is 7.51. The van der Waals surface area contributed by atoms with Crippen molar-refractivity contribution in [2.75, 3.05) is 0 Å². The molecule has 0 bridgehead atoms. The van der Waals surface area contributed by atoms with Crippen LogP contribution in [0.3, 0.4) is 0 Å². The van der Waals surface area contributed by atoms with Gasteiger partial charge >= 0.3 is 0 Å². The van der Waals surface area contributed by atoms with Crippen molar-refractivity contribution in [2.45, 2.75) is 12.3 Å². The number of rotatable bonds is 1. The van der Waals surface area contributed by atoms with Crippen LogP contribution in [0.25, 0.3) is 0 Å². The minimum atomic E-state index is -0.395. The quantitative estimate of drug-likeness (QED) is 0.396. The summed E-state index contributed by atoms with van der Waals surface area (Å²) in [6.45, 7) is 0. The summed E-state index contributed by atoms with van der Waals surface area (Å²) in [4.78, 5) is 22.6. The Balaban J connectivity index is 2.30. The largest absolute Gasteiger partial charge is 0.273 e. The number of carbonyl (C=O) groups excluding carboxylic acids is 2. The predicted octanol–water partition coefficient (Wildman–Crippen LogP) is 0.403. The van der Waals surface area contributed by atoms with Crippen LogP contribution in [0.5, 0.6) is 0 Å². The van der Waals surface area contributed by atoms with E-state index in [0.717, 1.165) is 5.56 Å². The number of carbonyl (C=O) groups is 2. The summed E-state index contributed by atoms with van der Waals surface area (Å²) in [6.07, 6.45) is 0.180. The minimum Gasteiger partial charge on any atom is -0.273 e. The lowest BCUT2D eigenvalue weighted by atomic mass is 9.98. The maximum absolute atomic E-state index is 11.5. The first-order valence-corrected chi connectivity index (χ1v) is 4.36. The van der Waals surface area contributed by atoms with Crippen molar-refractivity contribution in [3.05, 3.63) is 35.9 Å². The van der Waals surface area contributed by atoms with Crippen LogP contribution in [-0.2, 0) is 9.59 Å². The fraction of sp³-hybridized carbons (Fsp3) is 0.200. The normalized spacial score (nSPS) is 21.8. The molecule has 1 fully saturated rings. The summed E-state index contributed by atoms with van der Waals surface area (Å²) in [6, 6.07) is 9.20. The summed E-state index contributed by atoms with van der Waals surface area (Å²) in [5, 5.41) is 0.706. The Bertz CT molecular complexity index is 375. The first kappa shape index (κ1) is 8.90. The number of hydrazine groups is 1. The van der Waals surface area contributed by atoms with E-state index >= 15 is 0 Å². The molecule has 1 heterocycles. The number of nitrogens with zero attached hydrogens (tertiary/aromatic N) is 1. The molecule has 72 valence electrons. The second-order valence-electron chi connectivity index (χ2n) is 3.27. The molecule has 1 aromatic carbocycles. The summed E-state index contributed by atoms with van der Waals surface area (Å²) in [5.74, 6) is 4.25. The van der Waals surface area contributed by atoms with Crippen LogP contribution < -0.4 is 5.84 Å². The van der Waals surface area contributed by atoms with E-state index in [-0.39, 0.29) is 18.2 Å². The minimum absolute atomic E-state index is 0.180. The van der Waals surface area contributed by atoms with Crippen LogP contribution in [0.4, 0.5) is 0 Å². The maximum Gasteiger partial charge on any atom is 0.251 e. The van der Waals surface area contributed by atoms with Gasteiger partial charge in [-0.3, -0.25) is 9.59 Å². The average Bonchev–Trinajstić information content (AvgIpc) is 2.47. The molecule has 2 rings (SSSR count). The SMILES string of the molecule is NN1C(=O)CC(c2ccccc2)C1=O.